The number of nitrogens with one attached hydrogen (secondary N) is 1. The van der Waals surface area contributed by atoms with Gasteiger partial charge in [-0.15, -0.1) is 10.2 Å². The van der Waals surface area contributed by atoms with E-state index in [4.69, 9.17) is 23.2 Å². The fourth-order valence-electron chi connectivity index (χ4n) is 2.12. The van der Waals surface area contributed by atoms with Crippen molar-refractivity contribution in [2.75, 3.05) is 5.32 Å². The molecule has 0 atom stereocenters. The molecule has 0 unspecified atom stereocenters. The van der Waals surface area contributed by atoms with E-state index in [1.807, 2.05) is 12.1 Å². The molecule has 0 radical (unpaired) electrons. The van der Waals surface area contributed by atoms with Crippen LogP contribution in [0.4, 0.5) is 10.8 Å². The third-order valence-electron chi connectivity index (χ3n) is 3.36. The number of rotatable bonds is 5. The monoisotopic (exact) mass is 408 g/mol. The van der Waals surface area contributed by atoms with Gasteiger partial charge in [-0.05, 0) is 23.8 Å². The summed E-state index contributed by atoms with van der Waals surface area (Å²) < 4.78 is 0. The van der Waals surface area contributed by atoms with Crippen LogP contribution in [-0.4, -0.2) is 21.0 Å². The largest absolute Gasteiger partial charge is 0.296 e. The molecule has 0 spiro atoms. The zero-order chi connectivity index (χ0) is 18.7. The zero-order valence-electron chi connectivity index (χ0n) is 13.0. The number of halogens is 2. The standard InChI is InChI=1S/C16H10Cl2N4O3S/c17-10-3-1-9(2-4-10)7-14-20-21-16(26-14)19-15(23)12-6-5-11(22(24)25)8-13(12)18/h1-6,8H,7H2,(H,19,21,23). The van der Waals surface area contributed by atoms with Crippen molar-refractivity contribution in [3.8, 4) is 0 Å². The molecular formula is C16H10Cl2N4O3S. The first kappa shape index (κ1) is 18.2. The maximum absolute atomic E-state index is 12.3. The third-order valence-corrected chi connectivity index (χ3v) is 4.77. The molecule has 1 aromatic heterocycles. The lowest BCUT2D eigenvalue weighted by Gasteiger charge is -2.03. The van der Waals surface area contributed by atoms with Gasteiger partial charge in [-0.2, -0.15) is 0 Å². The van der Waals surface area contributed by atoms with Crippen molar-refractivity contribution in [1.82, 2.24) is 10.2 Å². The highest BCUT2D eigenvalue weighted by atomic mass is 35.5. The Morgan fingerprint density at radius 3 is 2.54 bits per heavy atom. The average molecular weight is 409 g/mol. The molecule has 0 saturated heterocycles. The maximum atomic E-state index is 12.3. The van der Waals surface area contributed by atoms with E-state index >= 15 is 0 Å². The molecule has 0 aliphatic heterocycles. The molecule has 0 aliphatic carbocycles. The van der Waals surface area contributed by atoms with Crippen molar-refractivity contribution in [3.63, 3.8) is 0 Å². The van der Waals surface area contributed by atoms with Crippen molar-refractivity contribution in [2.45, 2.75) is 6.42 Å². The van der Waals surface area contributed by atoms with Crippen molar-refractivity contribution in [3.05, 3.63) is 78.8 Å². The molecule has 0 saturated carbocycles. The molecule has 3 rings (SSSR count). The number of carbonyl (C=O) groups excluding carboxylic acids is 1. The fourth-order valence-corrected chi connectivity index (χ4v) is 3.27. The number of hydrogen-bond donors (Lipinski definition) is 1. The van der Waals surface area contributed by atoms with Crippen LogP contribution in [0.1, 0.15) is 20.9 Å². The van der Waals surface area contributed by atoms with Gasteiger partial charge in [0.25, 0.3) is 11.6 Å². The number of amides is 1. The summed E-state index contributed by atoms with van der Waals surface area (Å²) in [5.41, 5.74) is 0.946. The van der Waals surface area contributed by atoms with Crippen LogP contribution in [-0.2, 0) is 6.42 Å². The Morgan fingerprint density at radius 2 is 1.88 bits per heavy atom. The van der Waals surface area contributed by atoms with Gasteiger partial charge in [0.05, 0.1) is 15.5 Å². The number of anilines is 1. The van der Waals surface area contributed by atoms with Gasteiger partial charge in [-0.1, -0.05) is 46.7 Å². The number of nitrogens with zero attached hydrogens (tertiary/aromatic N) is 3. The molecule has 0 bridgehead atoms. The molecule has 0 aliphatic rings. The highest BCUT2D eigenvalue weighted by Crippen LogP contribution is 2.25. The zero-order valence-corrected chi connectivity index (χ0v) is 15.3. The number of aromatic nitrogens is 2. The minimum atomic E-state index is -0.582. The molecule has 10 heteroatoms. The molecular weight excluding hydrogens is 399 g/mol. The number of benzene rings is 2. The van der Waals surface area contributed by atoms with Crippen molar-refractivity contribution >= 4 is 51.3 Å². The van der Waals surface area contributed by atoms with E-state index in [-0.39, 0.29) is 16.3 Å². The van der Waals surface area contributed by atoms with Gasteiger partial charge in [-0.3, -0.25) is 20.2 Å². The molecule has 3 aromatic rings. The van der Waals surface area contributed by atoms with Crippen LogP contribution in [0.3, 0.4) is 0 Å². The molecule has 1 N–H and O–H groups in total. The Hall–Kier alpha value is -2.55. The summed E-state index contributed by atoms with van der Waals surface area (Å²) in [6.07, 6.45) is 0.559. The van der Waals surface area contributed by atoms with Crippen molar-refractivity contribution in [1.29, 1.82) is 0 Å². The van der Waals surface area contributed by atoms with E-state index in [1.54, 1.807) is 12.1 Å². The lowest BCUT2D eigenvalue weighted by atomic mass is 10.2. The SMILES string of the molecule is O=C(Nc1nnc(Cc2ccc(Cl)cc2)s1)c1ccc([N+](=O)[O-])cc1Cl. The fraction of sp³-hybridized carbons (Fsp3) is 0.0625. The smallest absolute Gasteiger partial charge is 0.270 e. The maximum Gasteiger partial charge on any atom is 0.270 e. The van der Waals surface area contributed by atoms with Crippen LogP contribution in [0.5, 0.6) is 0 Å². The Balaban J connectivity index is 1.69. The molecule has 1 heterocycles. The molecule has 1 amide bonds. The van der Waals surface area contributed by atoms with Crippen molar-refractivity contribution < 1.29 is 9.72 Å². The highest BCUT2D eigenvalue weighted by Gasteiger charge is 2.16. The predicted molar refractivity (Wildman–Crippen MR) is 100 cm³/mol. The van der Waals surface area contributed by atoms with Gasteiger partial charge >= 0.3 is 0 Å². The second-order valence-corrected chi connectivity index (χ2v) is 7.09. The number of non-ortho nitro benzene ring substituents is 1. The topological polar surface area (TPSA) is 98.0 Å². The lowest BCUT2D eigenvalue weighted by molar-refractivity contribution is -0.384. The van der Waals surface area contributed by atoms with Crippen LogP contribution in [0.25, 0.3) is 0 Å². The van der Waals surface area contributed by atoms with Gasteiger partial charge in [0.15, 0.2) is 0 Å². The first-order valence-corrected chi connectivity index (χ1v) is 8.82. The van der Waals surface area contributed by atoms with Gasteiger partial charge in [0, 0.05) is 23.6 Å². The van der Waals surface area contributed by atoms with Crippen LogP contribution in [0.15, 0.2) is 42.5 Å². The second-order valence-electron chi connectivity index (χ2n) is 5.18. The summed E-state index contributed by atoms with van der Waals surface area (Å²) in [6.45, 7) is 0. The summed E-state index contributed by atoms with van der Waals surface area (Å²) in [5, 5.41) is 23.0. The first-order chi connectivity index (χ1) is 12.4. The van der Waals surface area contributed by atoms with E-state index in [0.29, 0.717) is 16.6 Å². The van der Waals surface area contributed by atoms with E-state index < -0.39 is 10.8 Å². The van der Waals surface area contributed by atoms with Crippen LogP contribution >= 0.6 is 34.5 Å². The minimum Gasteiger partial charge on any atom is -0.296 e. The molecule has 132 valence electrons. The number of hydrogen-bond acceptors (Lipinski definition) is 6. The van der Waals surface area contributed by atoms with Gasteiger partial charge in [-0.25, -0.2) is 0 Å². The Bertz CT molecular complexity index is 976. The number of carbonyl (C=O) groups is 1. The Labute approximate surface area is 161 Å². The van der Waals surface area contributed by atoms with E-state index in [2.05, 4.69) is 15.5 Å². The van der Waals surface area contributed by atoms with Gasteiger partial charge < -0.3 is 0 Å². The van der Waals surface area contributed by atoms with Gasteiger partial charge in [0.1, 0.15) is 5.01 Å². The van der Waals surface area contributed by atoms with Crippen molar-refractivity contribution in [2.24, 2.45) is 0 Å². The molecule has 0 fully saturated rings. The van der Waals surface area contributed by atoms with Crippen LogP contribution < -0.4 is 5.32 Å². The van der Waals surface area contributed by atoms with Crippen LogP contribution in [0.2, 0.25) is 10.0 Å². The number of nitro benzene ring substituents is 1. The third kappa shape index (κ3) is 4.34. The quantitative estimate of drug-likeness (QED) is 0.491. The summed E-state index contributed by atoms with van der Waals surface area (Å²) >= 11 is 13.0. The highest BCUT2D eigenvalue weighted by molar-refractivity contribution is 7.15. The Kier molecular flexibility index (Phi) is 5.46. The molecule has 26 heavy (non-hydrogen) atoms. The Morgan fingerprint density at radius 1 is 1.15 bits per heavy atom. The first-order valence-electron chi connectivity index (χ1n) is 7.24. The van der Waals surface area contributed by atoms with E-state index in [0.717, 1.165) is 16.6 Å². The van der Waals surface area contributed by atoms with E-state index in [1.165, 1.54) is 23.5 Å². The summed E-state index contributed by atoms with van der Waals surface area (Å²) in [6, 6.07) is 11.0. The summed E-state index contributed by atoms with van der Waals surface area (Å²) in [4.78, 5) is 22.4. The lowest BCUT2D eigenvalue weighted by Crippen LogP contribution is -2.12. The average Bonchev–Trinajstić information content (AvgIpc) is 3.03. The molecule has 2 aromatic carbocycles. The number of nitro groups is 1. The van der Waals surface area contributed by atoms with Gasteiger partial charge in [0.2, 0.25) is 5.13 Å². The normalized spacial score (nSPS) is 10.5. The summed E-state index contributed by atoms with van der Waals surface area (Å²) in [5.74, 6) is -0.515. The minimum absolute atomic E-state index is 0.0115. The summed E-state index contributed by atoms with van der Waals surface area (Å²) in [7, 11) is 0. The second kappa shape index (κ2) is 7.77. The van der Waals surface area contributed by atoms with E-state index in [9.17, 15) is 14.9 Å². The predicted octanol–water partition coefficient (Wildman–Crippen LogP) is 4.60. The van der Waals surface area contributed by atoms with Crippen LogP contribution in [0, 0.1) is 10.1 Å². The molecule has 7 nitrogen and oxygen atoms in total.